The summed E-state index contributed by atoms with van der Waals surface area (Å²) in [6, 6.07) is 10.1. The first-order valence-electron chi connectivity index (χ1n) is 8.52. The molecule has 0 aliphatic carbocycles. The molecular formula is C19H21N3O4S2. The molecule has 1 heterocycles. The fourth-order valence-electron chi connectivity index (χ4n) is 2.74. The Morgan fingerprint density at radius 3 is 2.57 bits per heavy atom. The van der Waals surface area contributed by atoms with Gasteiger partial charge >= 0.3 is 0 Å². The first kappa shape index (κ1) is 20.4. The lowest BCUT2D eigenvalue weighted by Gasteiger charge is -2.05. The normalized spacial score (nSPS) is 12.6. The van der Waals surface area contributed by atoms with Crippen LogP contribution in [0.4, 0.5) is 0 Å². The van der Waals surface area contributed by atoms with E-state index in [1.165, 1.54) is 23.5 Å². The molecule has 0 fully saturated rings. The number of sulfonamides is 1. The fraction of sp³-hybridized carbons (Fsp3) is 0.263. The monoisotopic (exact) mass is 419 g/mol. The van der Waals surface area contributed by atoms with Gasteiger partial charge in [-0.3, -0.25) is 4.79 Å². The number of fused-ring (bicyclic) bond motifs is 1. The number of hydrogen-bond donors (Lipinski definition) is 1. The highest BCUT2D eigenvalue weighted by Crippen LogP contribution is 2.21. The van der Waals surface area contributed by atoms with Gasteiger partial charge in [0, 0.05) is 19.2 Å². The molecule has 28 heavy (non-hydrogen) atoms. The van der Waals surface area contributed by atoms with Gasteiger partial charge in [0.1, 0.15) is 0 Å². The number of thiazole rings is 1. The molecule has 0 aliphatic heterocycles. The lowest BCUT2D eigenvalue weighted by Crippen LogP contribution is -2.19. The third kappa shape index (κ3) is 4.22. The van der Waals surface area contributed by atoms with Gasteiger partial charge in [-0.05, 0) is 55.3 Å². The Kier molecular flexibility index (Phi) is 5.80. The van der Waals surface area contributed by atoms with Crippen molar-refractivity contribution in [3.05, 3.63) is 57.9 Å². The minimum Gasteiger partial charge on any atom is -0.383 e. The number of nitrogens with zero attached hydrogens (tertiary/aromatic N) is 2. The molecule has 1 aromatic heterocycles. The average Bonchev–Trinajstić information content (AvgIpc) is 2.97. The largest absolute Gasteiger partial charge is 0.383 e. The molecule has 0 saturated heterocycles. The topological polar surface area (TPSA) is 104 Å². The zero-order valence-electron chi connectivity index (χ0n) is 15.8. The van der Waals surface area contributed by atoms with E-state index in [-0.39, 0.29) is 10.8 Å². The van der Waals surface area contributed by atoms with Gasteiger partial charge in [-0.25, -0.2) is 13.6 Å². The summed E-state index contributed by atoms with van der Waals surface area (Å²) in [4.78, 5) is 17.5. The van der Waals surface area contributed by atoms with Crippen LogP contribution in [0.3, 0.4) is 0 Å². The highest BCUT2D eigenvalue weighted by atomic mass is 32.2. The number of benzene rings is 2. The smallest absolute Gasteiger partial charge is 0.279 e. The maximum atomic E-state index is 12.7. The summed E-state index contributed by atoms with van der Waals surface area (Å²) < 4.78 is 31.0. The van der Waals surface area contributed by atoms with Crippen LogP contribution in [0.5, 0.6) is 0 Å². The van der Waals surface area contributed by atoms with Crippen LogP contribution in [0, 0.1) is 13.8 Å². The van der Waals surface area contributed by atoms with Crippen molar-refractivity contribution >= 4 is 37.5 Å². The molecule has 3 rings (SSSR count). The molecule has 0 atom stereocenters. The van der Waals surface area contributed by atoms with Gasteiger partial charge in [0.25, 0.3) is 5.91 Å². The van der Waals surface area contributed by atoms with Crippen LogP contribution in [-0.2, 0) is 21.3 Å². The zero-order valence-corrected chi connectivity index (χ0v) is 17.4. The number of nitrogens with two attached hydrogens (primary N) is 1. The Balaban J connectivity index is 2.15. The van der Waals surface area contributed by atoms with Crippen molar-refractivity contribution in [2.24, 2.45) is 10.1 Å². The van der Waals surface area contributed by atoms with Crippen LogP contribution in [0.15, 0.2) is 46.3 Å². The van der Waals surface area contributed by atoms with E-state index in [1.54, 1.807) is 19.2 Å². The summed E-state index contributed by atoms with van der Waals surface area (Å²) in [5, 5.41) is 5.23. The lowest BCUT2D eigenvalue weighted by atomic mass is 10.1. The molecule has 3 aromatic rings. The number of aromatic nitrogens is 1. The SMILES string of the molecule is COCCn1c(=NC(=O)c2ccc(C)c(C)c2)sc2cc(S(N)(=O)=O)ccc21. The van der Waals surface area contributed by atoms with E-state index >= 15 is 0 Å². The molecule has 9 heteroatoms. The molecule has 0 unspecified atom stereocenters. The molecule has 0 spiro atoms. The summed E-state index contributed by atoms with van der Waals surface area (Å²) in [7, 11) is -2.23. The van der Waals surface area contributed by atoms with Crippen molar-refractivity contribution in [3.8, 4) is 0 Å². The van der Waals surface area contributed by atoms with Gasteiger partial charge in [-0.2, -0.15) is 4.99 Å². The van der Waals surface area contributed by atoms with Crippen molar-refractivity contribution in [1.82, 2.24) is 4.57 Å². The van der Waals surface area contributed by atoms with Crippen molar-refractivity contribution < 1.29 is 17.9 Å². The molecular weight excluding hydrogens is 398 g/mol. The van der Waals surface area contributed by atoms with Crippen LogP contribution in [-0.4, -0.2) is 32.6 Å². The van der Waals surface area contributed by atoms with Crippen LogP contribution >= 0.6 is 11.3 Å². The number of carbonyl (C=O) groups is 1. The summed E-state index contributed by atoms with van der Waals surface area (Å²) >= 11 is 1.23. The van der Waals surface area contributed by atoms with E-state index in [2.05, 4.69) is 4.99 Å². The number of rotatable bonds is 5. The van der Waals surface area contributed by atoms with Crippen molar-refractivity contribution in [2.75, 3.05) is 13.7 Å². The van der Waals surface area contributed by atoms with Gasteiger partial charge < -0.3 is 9.30 Å². The third-order valence-electron chi connectivity index (χ3n) is 4.45. The Labute approximate surface area is 167 Å². The quantitative estimate of drug-likeness (QED) is 0.685. The number of aryl methyl sites for hydroxylation is 2. The number of primary sulfonamides is 1. The predicted octanol–water partition coefficient (Wildman–Crippen LogP) is 2.35. The summed E-state index contributed by atoms with van der Waals surface area (Å²) in [5.74, 6) is -0.354. The van der Waals surface area contributed by atoms with Crippen molar-refractivity contribution in [1.29, 1.82) is 0 Å². The van der Waals surface area contributed by atoms with Crippen LogP contribution in [0.1, 0.15) is 21.5 Å². The van der Waals surface area contributed by atoms with Gasteiger partial charge in [0.2, 0.25) is 10.0 Å². The average molecular weight is 420 g/mol. The molecule has 2 aromatic carbocycles. The van der Waals surface area contributed by atoms with Gasteiger partial charge in [0.05, 0.1) is 21.7 Å². The van der Waals surface area contributed by atoms with Crippen LogP contribution in [0.2, 0.25) is 0 Å². The highest BCUT2D eigenvalue weighted by Gasteiger charge is 2.14. The minimum atomic E-state index is -3.81. The van der Waals surface area contributed by atoms with E-state index in [9.17, 15) is 13.2 Å². The van der Waals surface area contributed by atoms with E-state index < -0.39 is 10.0 Å². The Hall–Kier alpha value is -2.33. The molecule has 0 saturated carbocycles. The number of ether oxygens (including phenoxy) is 1. The van der Waals surface area contributed by atoms with E-state index in [0.29, 0.717) is 28.2 Å². The molecule has 2 N–H and O–H groups in total. The number of amides is 1. The number of hydrogen-bond acceptors (Lipinski definition) is 5. The van der Waals surface area contributed by atoms with Gasteiger partial charge in [-0.15, -0.1) is 0 Å². The maximum Gasteiger partial charge on any atom is 0.279 e. The first-order chi connectivity index (χ1) is 13.2. The number of methoxy groups -OCH3 is 1. The third-order valence-corrected chi connectivity index (χ3v) is 6.40. The van der Waals surface area contributed by atoms with E-state index in [1.807, 2.05) is 30.5 Å². The lowest BCUT2D eigenvalue weighted by molar-refractivity contribution is 0.0997. The maximum absolute atomic E-state index is 12.7. The second-order valence-electron chi connectivity index (χ2n) is 6.42. The van der Waals surface area contributed by atoms with Gasteiger partial charge in [0.15, 0.2) is 4.80 Å². The summed E-state index contributed by atoms with van der Waals surface area (Å²) in [6.45, 7) is 4.83. The standard InChI is InChI=1S/C19H21N3O4S2/c1-12-4-5-14(10-13(12)2)18(23)21-19-22(8-9-26-3)16-7-6-15(28(20,24)25)11-17(16)27-19/h4-7,10-11H,8-9H2,1-3H3,(H2,20,24,25). The van der Waals surface area contributed by atoms with Gasteiger partial charge in [-0.1, -0.05) is 17.4 Å². The van der Waals surface area contributed by atoms with E-state index in [0.717, 1.165) is 16.6 Å². The molecule has 0 bridgehead atoms. The fourth-order valence-corrected chi connectivity index (χ4v) is 4.45. The molecule has 0 aliphatic rings. The second-order valence-corrected chi connectivity index (χ2v) is 8.99. The van der Waals surface area contributed by atoms with Crippen LogP contribution in [0.25, 0.3) is 10.2 Å². The molecule has 7 nitrogen and oxygen atoms in total. The Bertz CT molecular complexity index is 1220. The minimum absolute atomic E-state index is 0.0205. The Morgan fingerprint density at radius 2 is 1.93 bits per heavy atom. The first-order valence-corrected chi connectivity index (χ1v) is 10.9. The summed E-state index contributed by atoms with van der Waals surface area (Å²) in [5.41, 5.74) is 3.39. The molecule has 0 radical (unpaired) electrons. The molecule has 148 valence electrons. The molecule has 1 amide bonds. The Morgan fingerprint density at radius 1 is 1.18 bits per heavy atom. The van der Waals surface area contributed by atoms with E-state index in [4.69, 9.17) is 9.88 Å². The van der Waals surface area contributed by atoms with Crippen molar-refractivity contribution in [2.45, 2.75) is 25.3 Å². The van der Waals surface area contributed by atoms with Crippen molar-refractivity contribution in [3.63, 3.8) is 0 Å². The number of carbonyl (C=O) groups excluding carboxylic acids is 1. The summed E-state index contributed by atoms with van der Waals surface area (Å²) in [6.07, 6.45) is 0. The predicted molar refractivity (Wildman–Crippen MR) is 109 cm³/mol. The van der Waals surface area contributed by atoms with Crippen LogP contribution < -0.4 is 9.94 Å². The zero-order chi connectivity index (χ0) is 20.5. The highest BCUT2D eigenvalue weighted by molar-refractivity contribution is 7.89. The second kappa shape index (κ2) is 7.96.